The monoisotopic (exact) mass is 482 g/mol. The lowest BCUT2D eigenvalue weighted by molar-refractivity contribution is -0.150. The smallest absolute Gasteiger partial charge is 0.182 e. The van der Waals surface area contributed by atoms with Crippen molar-refractivity contribution < 1.29 is 23.4 Å². The third kappa shape index (κ3) is 2.87. The summed E-state index contributed by atoms with van der Waals surface area (Å²) in [5, 5.41) is 31.8. The van der Waals surface area contributed by atoms with E-state index in [9.17, 15) is 23.9 Å². The zero-order valence-electron chi connectivity index (χ0n) is 17.4. The van der Waals surface area contributed by atoms with Gasteiger partial charge in [0.05, 0.1) is 22.6 Å². The molecule has 1 saturated carbocycles. The SMILES string of the molecule is CS(=O)(=O)[C@H]1[C@@H](O)[C@@]2(O)c3ncc(Cl)cc3O[C@@]2(c2ccc(C#N)cc2)[C@@H]1c1ccccc1. The first-order valence-electron chi connectivity index (χ1n) is 10.1. The number of pyridine rings is 1. The zero-order chi connectivity index (χ0) is 23.6. The molecule has 2 aliphatic rings. The molecule has 1 aliphatic heterocycles. The normalized spacial score (nSPS) is 30.2. The maximum absolute atomic E-state index is 13.0. The largest absolute Gasteiger partial charge is 0.476 e. The van der Waals surface area contributed by atoms with Crippen LogP contribution in [0.15, 0.2) is 66.9 Å². The van der Waals surface area contributed by atoms with E-state index in [1.807, 2.05) is 6.07 Å². The number of aliphatic hydroxyl groups excluding tert-OH is 1. The van der Waals surface area contributed by atoms with E-state index in [0.29, 0.717) is 16.7 Å². The molecule has 1 aliphatic carbocycles. The molecule has 5 atom stereocenters. The molecular formula is C24H19ClN2O5S. The minimum atomic E-state index is -3.90. The summed E-state index contributed by atoms with van der Waals surface area (Å²) in [4.78, 5) is 4.26. The van der Waals surface area contributed by atoms with Crippen LogP contribution >= 0.6 is 11.6 Å². The number of ether oxygens (including phenoxy) is 1. The van der Waals surface area contributed by atoms with E-state index in [1.165, 1.54) is 12.3 Å². The van der Waals surface area contributed by atoms with Gasteiger partial charge in [-0.3, -0.25) is 4.98 Å². The molecule has 0 saturated heterocycles. The van der Waals surface area contributed by atoms with Gasteiger partial charge in [0.2, 0.25) is 0 Å². The average Bonchev–Trinajstić information content (AvgIpc) is 3.17. The molecule has 5 rings (SSSR count). The van der Waals surface area contributed by atoms with Gasteiger partial charge in [0.25, 0.3) is 0 Å². The van der Waals surface area contributed by atoms with E-state index in [-0.39, 0.29) is 16.5 Å². The van der Waals surface area contributed by atoms with Gasteiger partial charge < -0.3 is 14.9 Å². The van der Waals surface area contributed by atoms with E-state index in [0.717, 1.165) is 6.26 Å². The summed E-state index contributed by atoms with van der Waals surface area (Å²) in [5.74, 6) is -0.851. The van der Waals surface area contributed by atoms with Crippen molar-refractivity contribution in [2.45, 2.75) is 28.5 Å². The Morgan fingerprint density at radius 2 is 1.82 bits per heavy atom. The summed E-state index contributed by atoms with van der Waals surface area (Å²) >= 11 is 6.13. The Morgan fingerprint density at radius 3 is 2.42 bits per heavy atom. The Morgan fingerprint density at radius 1 is 1.15 bits per heavy atom. The van der Waals surface area contributed by atoms with Gasteiger partial charge in [-0.2, -0.15) is 5.26 Å². The summed E-state index contributed by atoms with van der Waals surface area (Å²) < 4.78 is 32.5. The second kappa shape index (κ2) is 7.27. The number of nitrogens with zero attached hydrogens (tertiary/aromatic N) is 2. The third-order valence-corrected chi connectivity index (χ3v) is 8.34. The lowest BCUT2D eigenvalue weighted by Gasteiger charge is -2.40. The van der Waals surface area contributed by atoms with Crippen LogP contribution in [0.2, 0.25) is 5.02 Å². The van der Waals surface area contributed by atoms with Crippen LogP contribution in [0, 0.1) is 11.3 Å². The lowest BCUT2D eigenvalue weighted by atomic mass is 9.72. The quantitative estimate of drug-likeness (QED) is 0.588. The van der Waals surface area contributed by atoms with Crippen molar-refractivity contribution in [1.29, 1.82) is 5.26 Å². The van der Waals surface area contributed by atoms with Crippen molar-refractivity contribution in [2.24, 2.45) is 0 Å². The van der Waals surface area contributed by atoms with Crippen LogP contribution in [0.3, 0.4) is 0 Å². The summed E-state index contributed by atoms with van der Waals surface area (Å²) in [6.45, 7) is 0. The number of benzene rings is 2. The number of hydrogen-bond acceptors (Lipinski definition) is 7. The Hall–Kier alpha value is -2.96. The van der Waals surface area contributed by atoms with E-state index in [1.54, 1.807) is 54.6 Å². The summed E-state index contributed by atoms with van der Waals surface area (Å²) in [6.07, 6.45) is 0.585. The topological polar surface area (TPSA) is 121 Å². The first-order valence-corrected chi connectivity index (χ1v) is 12.5. The maximum Gasteiger partial charge on any atom is 0.182 e. The molecule has 0 bridgehead atoms. The van der Waals surface area contributed by atoms with Gasteiger partial charge in [-0.1, -0.05) is 54.1 Å². The number of aromatic nitrogens is 1. The van der Waals surface area contributed by atoms with Crippen molar-refractivity contribution in [2.75, 3.05) is 6.26 Å². The fraction of sp³-hybridized carbons (Fsp3) is 0.250. The van der Waals surface area contributed by atoms with Crippen molar-refractivity contribution >= 4 is 21.4 Å². The molecule has 7 nitrogen and oxygen atoms in total. The number of rotatable bonds is 3. The molecule has 0 unspecified atom stereocenters. The second-order valence-corrected chi connectivity index (χ2v) is 11.1. The molecule has 3 aromatic rings. The molecule has 2 N–H and O–H groups in total. The fourth-order valence-electron chi connectivity index (χ4n) is 5.34. The van der Waals surface area contributed by atoms with Gasteiger partial charge in [-0.15, -0.1) is 0 Å². The van der Waals surface area contributed by atoms with E-state index in [2.05, 4.69) is 4.98 Å². The Bertz CT molecular complexity index is 1390. The molecule has 1 aromatic heterocycles. The second-order valence-electron chi connectivity index (χ2n) is 8.42. The number of hydrogen-bond donors (Lipinski definition) is 2. The Labute approximate surface area is 195 Å². The van der Waals surface area contributed by atoms with Crippen LogP contribution in [0.5, 0.6) is 5.75 Å². The minimum absolute atomic E-state index is 0.0100. The highest BCUT2D eigenvalue weighted by atomic mass is 35.5. The molecular weight excluding hydrogens is 464 g/mol. The highest BCUT2D eigenvalue weighted by Gasteiger charge is 2.78. The predicted molar refractivity (Wildman–Crippen MR) is 120 cm³/mol. The van der Waals surface area contributed by atoms with Gasteiger partial charge in [-0.05, 0) is 23.3 Å². The summed E-state index contributed by atoms with van der Waals surface area (Å²) in [6, 6.07) is 18.6. The van der Waals surface area contributed by atoms with Gasteiger partial charge in [0.1, 0.15) is 22.8 Å². The van der Waals surface area contributed by atoms with E-state index >= 15 is 0 Å². The van der Waals surface area contributed by atoms with E-state index < -0.39 is 38.3 Å². The third-order valence-electron chi connectivity index (χ3n) is 6.62. The molecule has 9 heteroatoms. The lowest BCUT2D eigenvalue weighted by Crippen LogP contribution is -2.52. The van der Waals surface area contributed by atoms with Crippen LogP contribution in [-0.2, 0) is 21.0 Å². The molecule has 168 valence electrons. The van der Waals surface area contributed by atoms with Gasteiger partial charge >= 0.3 is 0 Å². The maximum atomic E-state index is 13.0. The van der Waals surface area contributed by atoms with Gasteiger partial charge in [0.15, 0.2) is 21.0 Å². The highest BCUT2D eigenvalue weighted by Crippen LogP contribution is 2.67. The predicted octanol–water partition coefficient (Wildman–Crippen LogP) is 2.65. The Kier molecular flexibility index (Phi) is 4.82. The molecule has 2 aromatic carbocycles. The number of nitriles is 1. The number of fused-ring (bicyclic) bond motifs is 3. The molecule has 0 spiro atoms. The van der Waals surface area contributed by atoms with Crippen LogP contribution in [-0.4, -0.2) is 41.2 Å². The number of halogens is 1. The van der Waals surface area contributed by atoms with Crippen molar-refractivity contribution in [3.05, 3.63) is 94.3 Å². The fourth-order valence-corrected chi connectivity index (χ4v) is 7.00. The average molecular weight is 483 g/mol. The number of sulfone groups is 1. The first kappa shape index (κ1) is 21.9. The van der Waals surface area contributed by atoms with Crippen LogP contribution in [0.1, 0.15) is 28.3 Å². The molecule has 0 amide bonds. The first-order chi connectivity index (χ1) is 15.6. The standard InChI is InChI=1S/C24H19ClN2O5S/c1-33(30,31)20-19(15-5-3-2-4-6-15)24(16-9-7-14(12-26)8-10-16)23(29,22(20)28)21-18(32-24)11-17(25)13-27-21/h2-11,13,19-20,22,28-29H,1H3/t19-,20-,22-,23+,24+/m1/s1. The molecule has 1 fully saturated rings. The van der Waals surface area contributed by atoms with Crippen LogP contribution in [0.25, 0.3) is 0 Å². The van der Waals surface area contributed by atoms with Crippen LogP contribution in [0.4, 0.5) is 0 Å². The highest BCUT2D eigenvalue weighted by molar-refractivity contribution is 7.91. The van der Waals surface area contributed by atoms with Crippen molar-refractivity contribution in [3.8, 4) is 11.8 Å². The van der Waals surface area contributed by atoms with Crippen molar-refractivity contribution in [3.63, 3.8) is 0 Å². The van der Waals surface area contributed by atoms with Crippen molar-refractivity contribution in [1.82, 2.24) is 4.98 Å². The summed E-state index contributed by atoms with van der Waals surface area (Å²) in [7, 11) is -3.90. The molecule has 2 heterocycles. The number of aliphatic hydroxyl groups is 2. The van der Waals surface area contributed by atoms with Gasteiger partial charge in [-0.25, -0.2) is 8.42 Å². The Balaban J connectivity index is 1.89. The summed E-state index contributed by atoms with van der Waals surface area (Å²) in [5.41, 5.74) is -2.62. The zero-order valence-corrected chi connectivity index (χ0v) is 19.0. The van der Waals surface area contributed by atoms with Gasteiger partial charge in [0, 0.05) is 18.5 Å². The minimum Gasteiger partial charge on any atom is -0.476 e. The molecule has 33 heavy (non-hydrogen) atoms. The molecule has 0 radical (unpaired) electrons. The van der Waals surface area contributed by atoms with Crippen LogP contribution < -0.4 is 4.74 Å². The van der Waals surface area contributed by atoms with E-state index in [4.69, 9.17) is 16.3 Å².